The number of rotatable bonds is 3. The lowest BCUT2D eigenvalue weighted by molar-refractivity contribution is -0.257. The quantitative estimate of drug-likeness (QED) is 0.843. The van der Waals surface area contributed by atoms with Gasteiger partial charge < -0.3 is 14.7 Å². The molecule has 140 valence electrons. The van der Waals surface area contributed by atoms with Crippen molar-refractivity contribution in [2.24, 2.45) is 17.8 Å². The van der Waals surface area contributed by atoms with Gasteiger partial charge in [-0.2, -0.15) is 0 Å². The first kappa shape index (κ1) is 17.6. The average Bonchev–Trinajstić information content (AvgIpc) is 2.96. The Balaban J connectivity index is 1.79. The molecule has 1 saturated carbocycles. The molecule has 26 heavy (non-hydrogen) atoms. The van der Waals surface area contributed by atoms with Crippen LogP contribution in [0.5, 0.6) is 5.75 Å². The van der Waals surface area contributed by atoms with Crippen molar-refractivity contribution in [3.63, 3.8) is 0 Å². The third kappa shape index (κ3) is 2.57. The fourth-order valence-electron chi connectivity index (χ4n) is 5.58. The number of aryl methyl sites for hydroxylation is 1. The molecular formula is C21H27NO4. The smallest absolute Gasteiger partial charge is 0.322 e. The summed E-state index contributed by atoms with van der Waals surface area (Å²) in [6.45, 7) is 5.67. The van der Waals surface area contributed by atoms with Gasteiger partial charge in [-0.1, -0.05) is 12.1 Å². The molecule has 0 radical (unpaired) electrons. The van der Waals surface area contributed by atoms with Crippen molar-refractivity contribution >= 4 is 5.97 Å². The number of piperidine rings is 1. The third-order valence-electron chi connectivity index (χ3n) is 6.66. The molecule has 2 fully saturated rings. The molecule has 0 spiro atoms. The summed E-state index contributed by atoms with van der Waals surface area (Å²) >= 11 is 0. The van der Waals surface area contributed by atoms with Crippen LogP contribution in [0.2, 0.25) is 0 Å². The maximum atomic E-state index is 11.8. The Kier molecular flexibility index (Phi) is 4.32. The number of carbonyl (C=O) groups is 1. The van der Waals surface area contributed by atoms with E-state index in [9.17, 15) is 9.90 Å². The number of carbonyl (C=O) groups excluding carboxylic acids is 1. The molecule has 4 rings (SSSR count). The minimum Gasteiger partial charge on any atom is -0.497 e. The highest BCUT2D eigenvalue weighted by molar-refractivity contribution is 5.65. The van der Waals surface area contributed by atoms with E-state index in [1.54, 1.807) is 12.2 Å². The van der Waals surface area contributed by atoms with Crippen molar-refractivity contribution in [2.75, 3.05) is 13.7 Å². The molecule has 0 bridgehead atoms. The first-order chi connectivity index (χ1) is 12.5. The Labute approximate surface area is 154 Å². The van der Waals surface area contributed by atoms with Gasteiger partial charge in [0, 0.05) is 12.8 Å². The van der Waals surface area contributed by atoms with Gasteiger partial charge in [-0.25, -0.2) is 0 Å². The fraction of sp³-hybridized carbons (Fsp3) is 0.571. The van der Waals surface area contributed by atoms with Crippen LogP contribution in [0.3, 0.4) is 0 Å². The molecule has 1 aliphatic heterocycles. The number of methoxy groups -OCH3 is 1. The summed E-state index contributed by atoms with van der Waals surface area (Å²) in [4.78, 5) is 17.4. The molecule has 1 heterocycles. The molecule has 0 unspecified atom stereocenters. The summed E-state index contributed by atoms with van der Waals surface area (Å²) in [7, 11) is 1.66. The molecule has 1 N–H and O–H groups in total. The molecule has 1 saturated heterocycles. The van der Waals surface area contributed by atoms with Gasteiger partial charge in [-0.3, -0.25) is 4.79 Å². The molecule has 0 aromatic heterocycles. The number of β-amino-alcohol motifs (C(OH)–C–C–N with tert-alkyl or cyclic N) is 1. The first-order valence-corrected chi connectivity index (χ1v) is 9.45. The number of benzene rings is 1. The minimum absolute atomic E-state index is 0.0356. The van der Waals surface area contributed by atoms with Crippen LogP contribution in [0.4, 0.5) is 0 Å². The molecule has 1 aromatic rings. The summed E-state index contributed by atoms with van der Waals surface area (Å²) in [6, 6.07) is 6.12. The Morgan fingerprint density at radius 3 is 2.88 bits per heavy atom. The maximum Gasteiger partial charge on any atom is 0.322 e. The molecule has 5 atom stereocenters. The standard InChI is InChI=1S/C21H27NO4/c1-4-15-7-10-19-17-9-6-14-5-8-16(25-3)11-18(14)20(17)22(26-13(2)23)12-21(15,19)24/h4-5,8,11,15,17,19-20,24H,1,6-7,9-10,12H2,2-3H3/t15-,17+,19+,20-,21+/m1/s1. The number of fused-ring (bicyclic) bond motifs is 5. The van der Waals surface area contributed by atoms with Gasteiger partial charge in [0.15, 0.2) is 0 Å². The first-order valence-electron chi connectivity index (χ1n) is 9.45. The highest BCUT2D eigenvalue weighted by atomic mass is 16.7. The summed E-state index contributed by atoms with van der Waals surface area (Å²) in [6.07, 6.45) is 5.75. The normalized spacial score (nSPS) is 35.8. The van der Waals surface area contributed by atoms with E-state index >= 15 is 0 Å². The topological polar surface area (TPSA) is 59.0 Å². The number of nitrogens with zero attached hydrogens (tertiary/aromatic N) is 1. The summed E-state index contributed by atoms with van der Waals surface area (Å²) in [5, 5.41) is 13.2. The number of hydroxylamine groups is 2. The lowest BCUT2D eigenvalue weighted by Crippen LogP contribution is -2.60. The van der Waals surface area contributed by atoms with Crippen LogP contribution in [0.15, 0.2) is 30.9 Å². The van der Waals surface area contributed by atoms with Gasteiger partial charge in [0.25, 0.3) is 0 Å². The van der Waals surface area contributed by atoms with E-state index in [-0.39, 0.29) is 29.8 Å². The van der Waals surface area contributed by atoms with Crippen LogP contribution >= 0.6 is 0 Å². The van der Waals surface area contributed by atoms with Crippen molar-refractivity contribution < 1.29 is 19.5 Å². The van der Waals surface area contributed by atoms with Crippen molar-refractivity contribution in [1.29, 1.82) is 0 Å². The molecule has 0 amide bonds. The minimum atomic E-state index is -0.880. The zero-order valence-corrected chi connectivity index (χ0v) is 15.5. The van der Waals surface area contributed by atoms with E-state index in [1.165, 1.54) is 12.5 Å². The number of hydrogen-bond donors (Lipinski definition) is 1. The van der Waals surface area contributed by atoms with Gasteiger partial charge >= 0.3 is 5.97 Å². The van der Waals surface area contributed by atoms with E-state index in [1.807, 2.05) is 12.1 Å². The van der Waals surface area contributed by atoms with Crippen LogP contribution in [0.25, 0.3) is 0 Å². The van der Waals surface area contributed by atoms with Crippen molar-refractivity contribution in [3.05, 3.63) is 42.0 Å². The van der Waals surface area contributed by atoms with Crippen LogP contribution in [0.1, 0.15) is 43.4 Å². The fourth-order valence-corrected chi connectivity index (χ4v) is 5.58. The lowest BCUT2D eigenvalue weighted by atomic mass is 9.64. The number of aliphatic hydroxyl groups is 1. The Morgan fingerprint density at radius 2 is 2.19 bits per heavy atom. The van der Waals surface area contributed by atoms with Crippen LogP contribution in [0, 0.1) is 17.8 Å². The van der Waals surface area contributed by atoms with Crippen LogP contribution < -0.4 is 4.74 Å². The van der Waals surface area contributed by atoms with E-state index < -0.39 is 5.60 Å². The van der Waals surface area contributed by atoms with Gasteiger partial charge in [0.2, 0.25) is 0 Å². The molecular weight excluding hydrogens is 330 g/mol. The molecule has 1 aromatic carbocycles. The highest BCUT2D eigenvalue weighted by Crippen LogP contribution is 2.57. The summed E-state index contributed by atoms with van der Waals surface area (Å²) < 4.78 is 5.43. The number of ether oxygens (including phenoxy) is 1. The van der Waals surface area contributed by atoms with Crippen LogP contribution in [-0.2, 0) is 16.1 Å². The SMILES string of the molecule is C=C[C@@H]1CC[C@H]2[C@@H]3CCc4ccc(OC)cc4[C@@H]3N(OC(C)=O)C[C@]12O. The lowest BCUT2D eigenvalue weighted by Gasteiger charge is -2.53. The van der Waals surface area contributed by atoms with Crippen LogP contribution in [-0.4, -0.2) is 35.4 Å². The number of hydrogen-bond acceptors (Lipinski definition) is 5. The predicted molar refractivity (Wildman–Crippen MR) is 97.4 cm³/mol. The second kappa shape index (κ2) is 6.39. The molecule has 3 aliphatic rings. The molecule has 5 heteroatoms. The van der Waals surface area contributed by atoms with E-state index in [2.05, 4.69) is 18.7 Å². The zero-order chi connectivity index (χ0) is 18.5. The summed E-state index contributed by atoms with van der Waals surface area (Å²) in [5.41, 5.74) is 1.55. The highest BCUT2D eigenvalue weighted by Gasteiger charge is 2.59. The van der Waals surface area contributed by atoms with Crippen molar-refractivity contribution in [1.82, 2.24) is 5.06 Å². The summed E-state index contributed by atoms with van der Waals surface area (Å²) in [5.74, 6) is 0.940. The Morgan fingerprint density at radius 1 is 1.38 bits per heavy atom. The Hall–Kier alpha value is -1.85. The second-order valence-corrected chi connectivity index (χ2v) is 7.89. The van der Waals surface area contributed by atoms with Gasteiger partial charge in [-0.15, -0.1) is 11.6 Å². The van der Waals surface area contributed by atoms with Crippen molar-refractivity contribution in [3.8, 4) is 5.75 Å². The van der Waals surface area contributed by atoms with Gasteiger partial charge in [0.05, 0.1) is 25.3 Å². The van der Waals surface area contributed by atoms with Gasteiger partial charge in [0.1, 0.15) is 5.75 Å². The van der Waals surface area contributed by atoms with E-state index in [0.29, 0.717) is 6.54 Å². The third-order valence-corrected chi connectivity index (χ3v) is 6.66. The van der Waals surface area contributed by atoms with Crippen molar-refractivity contribution in [2.45, 2.75) is 44.2 Å². The second-order valence-electron chi connectivity index (χ2n) is 7.89. The molecule has 5 nitrogen and oxygen atoms in total. The predicted octanol–water partition coefficient (Wildman–Crippen LogP) is 3.04. The van der Waals surface area contributed by atoms with E-state index in [0.717, 1.165) is 37.0 Å². The monoisotopic (exact) mass is 357 g/mol. The molecule has 2 aliphatic carbocycles. The van der Waals surface area contributed by atoms with Gasteiger partial charge in [-0.05, 0) is 60.8 Å². The zero-order valence-electron chi connectivity index (χ0n) is 15.5. The average molecular weight is 357 g/mol. The van der Waals surface area contributed by atoms with E-state index in [4.69, 9.17) is 9.57 Å². The maximum absolute atomic E-state index is 11.8. The Bertz CT molecular complexity index is 733. The largest absolute Gasteiger partial charge is 0.497 e.